The molecule has 96 valence electrons. The van der Waals surface area contributed by atoms with Crippen LogP contribution < -0.4 is 0 Å². The van der Waals surface area contributed by atoms with E-state index in [1.54, 1.807) is 6.20 Å². The second-order valence-electron chi connectivity index (χ2n) is 4.32. The number of halogens is 1. The summed E-state index contributed by atoms with van der Waals surface area (Å²) in [6, 6.07) is 7.59. The van der Waals surface area contributed by atoms with E-state index in [1.807, 2.05) is 35.0 Å². The van der Waals surface area contributed by atoms with Crippen LogP contribution in [0.1, 0.15) is 18.3 Å². The van der Waals surface area contributed by atoms with E-state index in [0.717, 1.165) is 17.9 Å². The third-order valence-electron chi connectivity index (χ3n) is 2.92. The van der Waals surface area contributed by atoms with Gasteiger partial charge in [0.2, 0.25) is 0 Å². The van der Waals surface area contributed by atoms with Gasteiger partial charge in [-0.15, -0.1) is 0 Å². The average Bonchev–Trinajstić information content (AvgIpc) is 2.76. The topological polar surface area (TPSA) is 38.0 Å². The van der Waals surface area contributed by atoms with Crippen LogP contribution in [0.4, 0.5) is 0 Å². The molecule has 1 aromatic heterocycles. The van der Waals surface area contributed by atoms with E-state index < -0.39 is 6.10 Å². The standard InChI is InChI=1S/C14H17ClN2O/c1-2-17-7-6-16-14(17)10-13(18)9-11-4-3-5-12(15)8-11/h3-8,13,18H,2,9-10H2,1H3. The van der Waals surface area contributed by atoms with Gasteiger partial charge in [0.1, 0.15) is 5.82 Å². The lowest BCUT2D eigenvalue weighted by Gasteiger charge is -2.11. The highest BCUT2D eigenvalue weighted by molar-refractivity contribution is 6.30. The third kappa shape index (κ3) is 3.34. The minimum absolute atomic E-state index is 0.434. The smallest absolute Gasteiger partial charge is 0.111 e. The maximum Gasteiger partial charge on any atom is 0.111 e. The molecule has 18 heavy (non-hydrogen) atoms. The van der Waals surface area contributed by atoms with Crippen molar-refractivity contribution in [3.8, 4) is 0 Å². The number of imidazole rings is 1. The highest BCUT2D eigenvalue weighted by Gasteiger charge is 2.10. The monoisotopic (exact) mass is 264 g/mol. The second-order valence-corrected chi connectivity index (χ2v) is 4.76. The van der Waals surface area contributed by atoms with Crippen molar-refractivity contribution in [1.29, 1.82) is 0 Å². The van der Waals surface area contributed by atoms with Crippen molar-refractivity contribution in [2.24, 2.45) is 0 Å². The van der Waals surface area contributed by atoms with Crippen molar-refractivity contribution in [2.45, 2.75) is 32.4 Å². The van der Waals surface area contributed by atoms with E-state index in [2.05, 4.69) is 11.9 Å². The maximum atomic E-state index is 10.1. The molecular formula is C14H17ClN2O. The molecule has 0 saturated heterocycles. The normalized spacial score (nSPS) is 12.6. The number of benzene rings is 1. The van der Waals surface area contributed by atoms with Crippen LogP contribution in [0.25, 0.3) is 0 Å². The van der Waals surface area contributed by atoms with Crippen LogP contribution in [0.2, 0.25) is 5.02 Å². The first-order valence-electron chi connectivity index (χ1n) is 6.11. The molecule has 1 atom stereocenters. The molecule has 0 fully saturated rings. The Morgan fingerprint density at radius 2 is 2.22 bits per heavy atom. The van der Waals surface area contributed by atoms with Crippen molar-refractivity contribution in [1.82, 2.24) is 9.55 Å². The third-order valence-corrected chi connectivity index (χ3v) is 3.16. The first kappa shape index (κ1) is 13.1. The van der Waals surface area contributed by atoms with E-state index >= 15 is 0 Å². The Morgan fingerprint density at radius 1 is 1.39 bits per heavy atom. The molecule has 0 amide bonds. The number of hydrogen-bond donors (Lipinski definition) is 1. The Morgan fingerprint density at radius 3 is 2.94 bits per heavy atom. The number of nitrogens with zero attached hydrogens (tertiary/aromatic N) is 2. The molecule has 0 aliphatic heterocycles. The Labute approximate surface area is 112 Å². The summed E-state index contributed by atoms with van der Waals surface area (Å²) in [5.41, 5.74) is 1.05. The van der Waals surface area contributed by atoms with Crippen LogP contribution in [0.5, 0.6) is 0 Å². The lowest BCUT2D eigenvalue weighted by atomic mass is 10.1. The summed E-state index contributed by atoms with van der Waals surface area (Å²) in [6.45, 7) is 2.94. The molecule has 2 rings (SSSR count). The van der Waals surface area contributed by atoms with Crippen LogP contribution in [-0.2, 0) is 19.4 Å². The first-order valence-corrected chi connectivity index (χ1v) is 6.49. The fourth-order valence-electron chi connectivity index (χ4n) is 2.04. The summed E-state index contributed by atoms with van der Waals surface area (Å²) in [5.74, 6) is 0.923. The maximum absolute atomic E-state index is 10.1. The van der Waals surface area contributed by atoms with Crippen LogP contribution in [0.15, 0.2) is 36.7 Å². The molecule has 0 saturated carbocycles. The van der Waals surface area contributed by atoms with Crippen molar-refractivity contribution < 1.29 is 5.11 Å². The Bertz CT molecular complexity index is 510. The van der Waals surface area contributed by atoms with E-state index in [4.69, 9.17) is 11.6 Å². The predicted molar refractivity (Wildman–Crippen MR) is 72.8 cm³/mol. The number of aliphatic hydroxyl groups excluding tert-OH is 1. The van der Waals surface area contributed by atoms with Gasteiger partial charge in [0.25, 0.3) is 0 Å². The van der Waals surface area contributed by atoms with Crippen LogP contribution >= 0.6 is 11.6 Å². The minimum Gasteiger partial charge on any atom is -0.392 e. The van der Waals surface area contributed by atoms with Crippen molar-refractivity contribution in [3.05, 3.63) is 53.1 Å². The molecule has 0 radical (unpaired) electrons. The molecule has 0 spiro atoms. The van der Waals surface area contributed by atoms with Crippen LogP contribution in [0.3, 0.4) is 0 Å². The van der Waals surface area contributed by atoms with Gasteiger partial charge in [-0.25, -0.2) is 4.98 Å². The fraction of sp³-hybridized carbons (Fsp3) is 0.357. The highest BCUT2D eigenvalue weighted by Crippen LogP contribution is 2.13. The predicted octanol–water partition coefficient (Wildman–Crippen LogP) is 2.70. The first-order chi connectivity index (χ1) is 8.69. The van der Waals surface area contributed by atoms with Gasteiger partial charge in [0, 0.05) is 30.4 Å². The molecule has 4 heteroatoms. The zero-order valence-electron chi connectivity index (χ0n) is 10.4. The zero-order chi connectivity index (χ0) is 13.0. The van der Waals surface area contributed by atoms with Gasteiger partial charge in [-0.2, -0.15) is 0 Å². The Balaban J connectivity index is 1.98. The van der Waals surface area contributed by atoms with E-state index in [9.17, 15) is 5.11 Å². The Kier molecular flexibility index (Phi) is 4.39. The average molecular weight is 265 g/mol. The molecule has 0 aliphatic rings. The summed E-state index contributed by atoms with van der Waals surface area (Å²) in [7, 11) is 0. The largest absolute Gasteiger partial charge is 0.392 e. The van der Waals surface area contributed by atoms with Crippen LogP contribution in [-0.4, -0.2) is 20.8 Å². The van der Waals surface area contributed by atoms with Gasteiger partial charge < -0.3 is 9.67 Å². The molecule has 0 bridgehead atoms. The van der Waals surface area contributed by atoms with Crippen molar-refractivity contribution >= 4 is 11.6 Å². The highest BCUT2D eigenvalue weighted by atomic mass is 35.5. The number of aliphatic hydroxyl groups is 1. The Hall–Kier alpha value is -1.32. The molecule has 1 N–H and O–H groups in total. The van der Waals surface area contributed by atoms with Gasteiger partial charge in [-0.05, 0) is 31.0 Å². The lowest BCUT2D eigenvalue weighted by Crippen LogP contribution is -2.17. The van der Waals surface area contributed by atoms with Crippen LogP contribution in [0, 0.1) is 0 Å². The molecule has 3 nitrogen and oxygen atoms in total. The molecular weight excluding hydrogens is 248 g/mol. The zero-order valence-corrected chi connectivity index (χ0v) is 11.1. The number of aryl methyl sites for hydroxylation is 1. The summed E-state index contributed by atoms with van der Waals surface area (Å²) in [4.78, 5) is 4.26. The van der Waals surface area contributed by atoms with E-state index in [1.165, 1.54) is 0 Å². The van der Waals surface area contributed by atoms with E-state index in [-0.39, 0.29) is 0 Å². The van der Waals surface area contributed by atoms with Gasteiger partial charge in [0.05, 0.1) is 6.10 Å². The van der Waals surface area contributed by atoms with Crippen molar-refractivity contribution in [3.63, 3.8) is 0 Å². The molecule has 2 aromatic rings. The lowest BCUT2D eigenvalue weighted by molar-refractivity contribution is 0.171. The van der Waals surface area contributed by atoms with Gasteiger partial charge >= 0.3 is 0 Å². The van der Waals surface area contributed by atoms with Gasteiger partial charge in [-0.1, -0.05) is 23.7 Å². The minimum atomic E-state index is -0.434. The summed E-state index contributed by atoms with van der Waals surface area (Å²) in [6.07, 6.45) is 4.42. The molecule has 1 heterocycles. The quantitative estimate of drug-likeness (QED) is 0.902. The molecule has 1 aromatic carbocycles. The van der Waals surface area contributed by atoms with E-state index in [0.29, 0.717) is 17.9 Å². The number of rotatable bonds is 5. The molecule has 1 unspecified atom stereocenters. The summed E-state index contributed by atoms with van der Waals surface area (Å²) in [5, 5.41) is 10.8. The molecule has 0 aliphatic carbocycles. The summed E-state index contributed by atoms with van der Waals surface area (Å²) < 4.78 is 2.04. The SMILES string of the molecule is CCn1ccnc1CC(O)Cc1cccc(Cl)c1. The van der Waals surface area contributed by atoms with Crippen molar-refractivity contribution in [2.75, 3.05) is 0 Å². The number of hydrogen-bond acceptors (Lipinski definition) is 2. The summed E-state index contributed by atoms with van der Waals surface area (Å²) >= 11 is 5.92. The van der Waals surface area contributed by atoms with Gasteiger partial charge in [0.15, 0.2) is 0 Å². The fourth-order valence-corrected chi connectivity index (χ4v) is 2.25. The second kappa shape index (κ2) is 6.03. The number of aromatic nitrogens is 2. The van der Waals surface area contributed by atoms with Gasteiger partial charge in [-0.3, -0.25) is 0 Å².